The van der Waals surface area contributed by atoms with Crippen LogP contribution in [0.25, 0.3) is 0 Å². The minimum absolute atomic E-state index is 0.249. The topological polar surface area (TPSA) is 307 Å². The summed E-state index contributed by atoms with van der Waals surface area (Å²) in [6.07, 6.45) is 47.7. The third-order valence-corrected chi connectivity index (χ3v) is 20.7. The highest BCUT2D eigenvalue weighted by molar-refractivity contribution is 5.76. The van der Waals surface area contributed by atoms with E-state index in [-0.39, 0.29) is 18.9 Å². The van der Waals surface area contributed by atoms with Crippen molar-refractivity contribution < 1.29 is 89.4 Å². The number of aliphatic hydroxyl groups is 11. The molecule has 0 aromatic heterocycles. The zero-order valence-electron chi connectivity index (χ0n) is 62.5. The van der Waals surface area contributed by atoms with E-state index in [9.17, 15) is 61.0 Å². The van der Waals surface area contributed by atoms with E-state index >= 15 is 0 Å². The summed E-state index contributed by atoms with van der Waals surface area (Å²) in [5, 5.41) is 121. The van der Waals surface area contributed by atoms with E-state index in [2.05, 4.69) is 31.3 Å². The quantitative estimate of drug-likeness (QED) is 0.0199. The van der Waals surface area contributed by atoms with Crippen molar-refractivity contribution in [3.63, 3.8) is 0 Å². The van der Waals surface area contributed by atoms with E-state index < -0.39 is 124 Å². The summed E-state index contributed by atoms with van der Waals surface area (Å²) in [4.78, 5) is 13.4. The maximum Gasteiger partial charge on any atom is 0.220 e. The van der Waals surface area contributed by atoms with E-state index in [1.54, 1.807) is 6.08 Å². The predicted octanol–water partition coefficient (Wildman–Crippen LogP) is 13.7. The van der Waals surface area contributed by atoms with Crippen LogP contribution in [-0.4, -0.2) is 193 Å². The van der Waals surface area contributed by atoms with Crippen molar-refractivity contribution in [2.45, 2.75) is 452 Å². The summed E-state index contributed by atoms with van der Waals surface area (Å²) in [5.41, 5.74) is 0. The van der Waals surface area contributed by atoms with Gasteiger partial charge in [-0.1, -0.05) is 321 Å². The number of hydrogen-bond donors (Lipinski definition) is 12. The molecule has 3 rings (SSSR count). The zero-order valence-corrected chi connectivity index (χ0v) is 62.5. The van der Waals surface area contributed by atoms with Crippen LogP contribution in [0.4, 0.5) is 0 Å². The van der Waals surface area contributed by atoms with E-state index in [0.29, 0.717) is 6.42 Å². The first-order valence-corrected chi connectivity index (χ1v) is 41.1. The number of allylic oxidation sites excluding steroid dienone is 3. The van der Waals surface area contributed by atoms with E-state index in [1.807, 2.05) is 6.08 Å². The lowest BCUT2D eigenvalue weighted by Crippen LogP contribution is -2.66. The maximum atomic E-state index is 13.4. The van der Waals surface area contributed by atoms with Crippen molar-refractivity contribution in [1.82, 2.24) is 5.32 Å². The molecule has 0 saturated carbocycles. The summed E-state index contributed by atoms with van der Waals surface area (Å²) in [7, 11) is 0. The molecule has 3 heterocycles. The number of hydrogen-bond acceptors (Lipinski definition) is 18. The van der Waals surface area contributed by atoms with Gasteiger partial charge in [-0.25, -0.2) is 0 Å². The third kappa shape index (κ3) is 41.7. The summed E-state index contributed by atoms with van der Waals surface area (Å²) in [6.45, 7) is 1.77. The van der Waals surface area contributed by atoms with Gasteiger partial charge in [0, 0.05) is 6.42 Å². The van der Waals surface area contributed by atoms with Crippen molar-refractivity contribution in [2.75, 3.05) is 26.4 Å². The predicted molar refractivity (Wildman–Crippen MR) is 393 cm³/mol. The summed E-state index contributed by atoms with van der Waals surface area (Å²) < 4.78 is 34.4. The van der Waals surface area contributed by atoms with Crippen LogP contribution in [0.1, 0.15) is 348 Å². The molecule has 12 N–H and O–H groups in total. The van der Waals surface area contributed by atoms with Crippen LogP contribution >= 0.6 is 0 Å². The highest BCUT2D eigenvalue weighted by Crippen LogP contribution is 2.33. The highest BCUT2D eigenvalue weighted by atomic mass is 16.8. The lowest BCUT2D eigenvalue weighted by molar-refractivity contribution is -0.379. The Morgan fingerprint density at radius 2 is 0.636 bits per heavy atom. The monoisotopic (exact) mass is 1410 g/mol. The van der Waals surface area contributed by atoms with Gasteiger partial charge in [0.1, 0.15) is 73.2 Å². The van der Waals surface area contributed by atoms with Crippen LogP contribution in [0.5, 0.6) is 0 Å². The normalized spacial score (nSPS) is 26.7. The first-order chi connectivity index (χ1) is 48.3. The fourth-order valence-corrected chi connectivity index (χ4v) is 14.1. The molecule has 17 atom stereocenters. The lowest BCUT2D eigenvalue weighted by Gasteiger charge is -2.48. The number of unbranched alkanes of at least 4 members (excludes halogenated alkanes) is 48. The number of aliphatic hydroxyl groups excluding tert-OH is 11. The number of amides is 1. The molecule has 17 unspecified atom stereocenters. The molecule has 3 fully saturated rings. The zero-order chi connectivity index (χ0) is 71.8. The average Bonchev–Trinajstić information content (AvgIpc) is 0.784. The average molecular weight is 1420 g/mol. The fourth-order valence-electron chi connectivity index (χ4n) is 14.1. The fraction of sp³-hybridized carbons (Fsp3) is 0.938. The number of nitrogens with one attached hydrogen (secondary N) is 1. The molecule has 1 amide bonds. The Bertz CT molecular complexity index is 1880. The van der Waals surface area contributed by atoms with Crippen molar-refractivity contribution in [1.29, 1.82) is 0 Å². The largest absolute Gasteiger partial charge is 0.394 e. The van der Waals surface area contributed by atoms with Crippen molar-refractivity contribution >= 4 is 5.91 Å². The molecule has 0 aliphatic carbocycles. The molecule has 99 heavy (non-hydrogen) atoms. The smallest absolute Gasteiger partial charge is 0.220 e. The van der Waals surface area contributed by atoms with Crippen LogP contribution < -0.4 is 5.32 Å². The second kappa shape index (κ2) is 61.4. The van der Waals surface area contributed by atoms with Gasteiger partial charge < -0.3 is 89.9 Å². The maximum absolute atomic E-state index is 13.4. The molecule has 584 valence electrons. The van der Waals surface area contributed by atoms with E-state index in [1.165, 1.54) is 276 Å². The van der Waals surface area contributed by atoms with Gasteiger partial charge in [-0.15, -0.1) is 0 Å². The first-order valence-electron chi connectivity index (χ1n) is 41.1. The highest BCUT2D eigenvalue weighted by Gasteiger charge is 2.54. The van der Waals surface area contributed by atoms with Crippen molar-refractivity contribution in [3.8, 4) is 0 Å². The second-order valence-corrected chi connectivity index (χ2v) is 29.6. The third-order valence-electron chi connectivity index (χ3n) is 20.7. The molecule has 19 nitrogen and oxygen atoms in total. The molecule has 19 heteroatoms. The number of carbonyl (C=O) groups is 1. The van der Waals surface area contributed by atoms with Gasteiger partial charge in [-0.2, -0.15) is 0 Å². The van der Waals surface area contributed by atoms with Gasteiger partial charge in [0.2, 0.25) is 5.91 Å². The number of carbonyl (C=O) groups excluding carboxylic acids is 1. The number of ether oxygens (including phenoxy) is 6. The molecular formula is C80H151NO18. The number of rotatable bonds is 66. The summed E-state index contributed by atoms with van der Waals surface area (Å²) in [6, 6.07) is -0.970. The Labute approximate surface area is 600 Å². The Morgan fingerprint density at radius 3 is 0.980 bits per heavy atom. The van der Waals surface area contributed by atoms with E-state index in [0.717, 1.165) is 44.9 Å². The van der Waals surface area contributed by atoms with Crippen LogP contribution in [0.3, 0.4) is 0 Å². The molecule has 3 aliphatic heterocycles. The minimum atomic E-state index is -1.98. The SMILES string of the molecule is CCCCCCCCCC/C=C\CCCCCCCCCCCCCCCCCCCCCCCCCCCCCC(=O)NC(COC1OC(CO)C(OC2OC(CO)C(OC3OC(CO)C(O)C(O)C3O)C(O)C2O)C(O)C1O)C(O)/C=C/CCCCCCCCCCCCCCC. The molecular weight excluding hydrogens is 1260 g/mol. The lowest BCUT2D eigenvalue weighted by atomic mass is 9.96. The standard InChI is InChI=1S/C80H151NO18/c1-3-5-7-9-11-13-15-17-19-20-21-22-23-24-25-26-27-28-29-30-31-32-33-34-35-36-37-38-39-40-41-42-44-46-48-50-52-54-56-58-68(86)81-63(64(85)57-55-53-51-49-47-45-43-18-16-14-12-10-8-6-4-2)62-94-78-74(92)71(89)76(66(60-83)96-78)99-80-75(93)72(90)77(67(61-84)97-80)98-79-73(91)70(88)69(87)65(59-82)95-79/h20-21,55,57,63-67,69-80,82-85,87-93H,3-19,22-54,56,58-62H2,1-2H3,(H,81,86)/b21-20-,57-55+. The Hall–Kier alpha value is -1.73. The molecule has 0 spiro atoms. The van der Waals surface area contributed by atoms with E-state index in [4.69, 9.17) is 28.4 Å². The molecule has 3 saturated heterocycles. The van der Waals surface area contributed by atoms with Crippen molar-refractivity contribution in [3.05, 3.63) is 24.3 Å². The van der Waals surface area contributed by atoms with Crippen LogP contribution in [-0.2, 0) is 33.2 Å². The van der Waals surface area contributed by atoms with Gasteiger partial charge in [-0.3, -0.25) is 4.79 Å². The molecule has 0 aromatic carbocycles. The Morgan fingerprint density at radius 1 is 0.354 bits per heavy atom. The second-order valence-electron chi connectivity index (χ2n) is 29.6. The van der Waals surface area contributed by atoms with Crippen molar-refractivity contribution in [2.24, 2.45) is 0 Å². The van der Waals surface area contributed by atoms with Gasteiger partial charge in [0.25, 0.3) is 0 Å². The molecule has 0 bridgehead atoms. The van der Waals surface area contributed by atoms with Gasteiger partial charge in [-0.05, 0) is 44.9 Å². The van der Waals surface area contributed by atoms with Crippen LogP contribution in [0.15, 0.2) is 24.3 Å². The van der Waals surface area contributed by atoms with Crippen LogP contribution in [0, 0.1) is 0 Å². The first kappa shape index (κ1) is 91.5. The summed E-state index contributed by atoms with van der Waals surface area (Å²) in [5.74, 6) is -0.268. The Kier molecular flexibility index (Phi) is 56.8. The van der Waals surface area contributed by atoms with Crippen LogP contribution in [0.2, 0.25) is 0 Å². The molecule has 3 aliphatic rings. The molecule has 0 aromatic rings. The van der Waals surface area contributed by atoms with Gasteiger partial charge in [0.15, 0.2) is 18.9 Å². The summed E-state index contributed by atoms with van der Waals surface area (Å²) >= 11 is 0. The minimum Gasteiger partial charge on any atom is -0.394 e. The van der Waals surface area contributed by atoms with Gasteiger partial charge >= 0.3 is 0 Å². The van der Waals surface area contributed by atoms with Gasteiger partial charge in [0.05, 0.1) is 38.6 Å². The Balaban J connectivity index is 1.28. The molecule has 0 radical (unpaired) electrons.